The Kier molecular flexibility index (Phi) is 5.92. The average molecular weight is 385 g/mol. The number of nitrogens with zero attached hydrogens (tertiary/aromatic N) is 5. The fraction of sp³-hybridized carbons (Fsp3) is 0.167. The molecule has 9 heteroatoms. The van der Waals surface area contributed by atoms with Gasteiger partial charge in [0.25, 0.3) is 5.95 Å². The summed E-state index contributed by atoms with van der Waals surface area (Å²) >= 11 is 1.41. The lowest BCUT2D eigenvalue weighted by Gasteiger charge is -2.11. The molecule has 0 saturated carbocycles. The number of nitrogens with two attached hydrogens (primary N) is 1. The van der Waals surface area contributed by atoms with Crippen LogP contribution in [0.15, 0.2) is 58.8 Å². The molecule has 3 rings (SSSR count). The molecule has 0 unspecified atom stereocenters. The third-order valence-corrected chi connectivity index (χ3v) is 4.75. The van der Waals surface area contributed by atoms with Gasteiger partial charge in [0.2, 0.25) is 5.16 Å². The van der Waals surface area contributed by atoms with Crippen LogP contribution in [0.3, 0.4) is 0 Å². The fourth-order valence-electron chi connectivity index (χ4n) is 2.20. The van der Waals surface area contributed by atoms with Crippen LogP contribution in [-0.2, 0) is 5.75 Å². The molecule has 0 aliphatic heterocycles. The molecule has 1 aromatic heterocycles. The predicted octanol–water partition coefficient (Wildman–Crippen LogP) is 2.94. The highest BCUT2D eigenvalue weighted by Crippen LogP contribution is 2.21. The molecule has 3 N–H and O–H groups in total. The van der Waals surface area contributed by atoms with Crippen LogP contribution < -0.4 is 16.2 Å². The number of hydrogen-bond acceptors (Lipinski definition) is 7. The van der Waals surface area contributed by atoms with Crippen molar-refractivity contribution in [2.75, 3.05) is 30.3 Å². The molecule has 0 amide bonds. The number of rotatable bonds is 7. The third-order valence-electron chi connectivity index (χ3n) is 3.73. The van der Waals surface area contributed by atoms with Gasteiger partial charge in [-0.2, -0.15) is 5.10 Å². The van der Waals surface area contributed by atoms with Crippen molar-refractivity contribution in [2.45, 2.75) is 10.9 Å². The van der Waals surface area contributed by atoms with Gasteiger partial charge in [-0.05, 0) is 35.4 Å². The van der Waals surface area contributed by atoms with Crippen LogP contribution in [0, 0.1) is 5.82 Å². The number of nitrogen functional groups attached to an aromatic ring is 1. The molecule has 0 saturated heterocycles. The smallest absolute Gasteiger partial charge is 0.264 e. The van der Waals surface area contributed by atoms with Gasteiger partial charge in [-0.25, -0.2) is 14.5 Å². The minimum Gasteiger partial charge on any atom is -0.378 e. The fourth-order valence-corrected chi connectivity index (χ4v) is 3.02. The summed E-state index contributed by atoms with van der Waals surface area (Å²) in [6, 6.07) is 14.3. The second kappa shape index (κ2) is 8.54. The highest BCUT2D eigenvalue weighted by Gasteiger charge is 2.09. The number of benzene rings is 2. The molecule has 0 atom stereocenters. The summed E-state index contributed by atoms with van der Waals surface area (Å²) in [5.41, 5.74) is 5.82. The van der Waals surface area contributed by atoms with Gasteiger partial charge in [-0.15, -0.1) is 10.2 Å². The van der Waals surface area contributed by atoms with Gasteiger partial charge in [0.1, 0.15) is 5.82 Å². The number of nitrogens with one attached hydrogen (secondary N) is 1. The first-order valence-electron chi connectivity index (χ1n) is 8.17. The number of hydrogen-bond donors (Lipinski definition) is 2. The van der Waals surface area contributed by atoms with E-state index < -0.39 is 0 Å². The number of aromatic nitrogens is 3. The van der Waals surface area contributed by atoms with E-state index in [4.69, 9.17) is 5.84 Å². The minimum atomic E-state index is -0.258. The lowest BCUT2D eigenvalue weighted by molar-refractivity contribution is 0.627. The number of anilines is 2. The van der Waals surface area contributed by atoms with Crippen molar-refractivity contribution >= 4 is 29.6 Å². The van der Waals surface area contributed by atoms with Crippen LogP contribution in [0.25, 0.3) is 0 Å². The van der Waals surface area contributed by atoms with E-state index in [0.717, 1.165) is 16.8 Å². The second-order valence-corrected chi connectivity index (χ2v) is 6.89. The molecular formula is C18H20FN7S. The van der Waals surface area contributed by atoms with Crippen molar-refractivity contribution in [1.29, 1.82) is 0 Å². The molecule has 7 nitrogen and oxygen atoms in total. The second-order valence-electron chi connectivity index (χ2n) is 5.95. The Bertz CT molecular complexity index is 904. The van der Waals surface area contributed by atoms with Gasteiger partial charge in [0, 0.05) is 25.5 Å². The summed E-state index contributed by atoms with van der Waals surface area (Å²) in [6.07, 6.45) is 1.68. The zero-order valence-electron chi connectivity index (χ0n) is 15.0. The molecule has 0 aliphatic carbocycles. The summed E-state index contributed by atoms with van der Waals surface area (Å²) in [4.78, 5) is 2.03. The Balaban J connectivity index is 1.57. The van der Waals surface area contributed by atoms with Crippen molar-refractivity contribution in [1.82, 2.24) is 14.9 Å². The van der Waals surface area contributed by atoms with Crippen LogP contribution in [-0.4, -0.2) is 35.2 Å². The van der Waals surface area contributed by atoms with E-state index in [-0.39, 0.29) is 5.82 Å². The summed E-state index contributed by atoms with van der Waals surface area (Å²) < 4.78 is 14.3. The van der Waals surface area contributed by atoms with Crippen LogP contribution >= 0.6 is 11.8 Å². The quantitative estimate of drug-likeness (QED) is 0.282. The standard InChI is InChI=1S/C18H20FN7S/c1-25(2)16-9-5-13(6-10-16)11-21-22-17-23-24-18(26(17)20)27-12-14-3-7-15(19)8-4-14/h3-11H,12,20H2,1-2H3,(H,22,23)/b21-11+. The van der Waals surface area contributed by atoms with E-state index in [9.17, 15) is 4.39 Å². The Labute approximate surface area is 161 Å². The monoisotopic (exact) mass is 385 g/mol. The summed E-state index contributed by atoms with van der Waals surface area (Å²) in [5.74, 6) is 6.67. The average Bonchev–Trinajstić information content (AvgIpc) is 3.02. The van der Waals surface area contributed by atoms with E-state index in [1.54, 1.807) is 18.3 Å². The number of hydrazone groups is 1. The third kappa shape index (κ3) is 4.98. The molecule has 2 aromatic carbocycles. The molecule has 0 bridgehead atoms. The van der Waals surface area contributed by atoms with Crippen molar-refractivity contribution in [3.05, 3.63) is 65.5 Å². The Morgan fingerprint density at radius 1 is 1.15 bits per heavy atom. The van der Waals surface area contributed by atoms with Gasteiger partial charge in [-0.3, -0.25) is 0 Å². The summed E-state index contributed by atoms with van der Waals surface area (Å²) in [7, 11) is 3.98. The van der Waals surface area contributed by atoms with E-state index in [2.05, 4.69) is 20.7 Å². The molecule has 0 fully saturated rings. The topological polar surface area (TPSA) is 84.4 Å². The SMILES string of the molecule is CN(C)c1ccc(/C=N/Nc2nnc(SCc3ccc(F)cc3)n2N)cc1. The van der Waals surface area contributed by atoms with Crippen LogP contribution in [0.5, 0.6) is 0 Å². The van der Waals surface area contributed by atoms with Crippen molar-refractivity contribution < 1.29 is 4.39 Å². The summed E-state index contributed by atoms with van der Waals surface area (Å²) in [5, 5.41) is 12.7. The highest BCUT2D eigenvalue weighted by atomic mass is 32.2. The van der Waals surface area contributed by atoms with Crippen LogP contribution in [0.2, 0.25) is 0 Å². The molecular weight excluding hydrogens is 365 g/mol. The van der Waals surface area contributed by atoms with Gasteiger partial charge >= 0.3 is 0 Å². The lowest BCUT2D eigenvalue weighted by Crippen LogP contribution is -2.13. The van der Waals surface area contributed by atoms with E-state index in [0.29, 0.717) is 16.9 Å². The molecule has 0 spiro atoms. The first-order valence-corrected chi connectivity index (χ1v) is 9.15. The first kappa shape index (κ1) is 18.7. The lowest BCUT2D eigenvalue weighted by atomic mass is 10.2. The van der Waals surface area contributed by atoms with E-state index in [1.165, 1.54) is 28.6 Å². The maximum Gasteiger partial charge on any atom is 0.264 e. The van der Waals surface area contributed by atoms with Crippen LogP contribution in [0.1, 0.15) is 11.1 Å². The normalized spacial score (nSPS) is 11.1. The highest BCUT2D eigenvalue weighted by molar-refractivity contribution is 7.98. The minimum absolute atomic E-state index is 0.258. The van der Waals surface area contributed by atoms with E-state index in [1.807, 2.05) is 43.3 Å². The maximum absolute atomic E-state index is 12.9. The molecule has 3 aromatic rings. The van der Waals surface area contributed by atoms with Gasteiger partial charge < -0.3 is 10.7 Å². The zero-order chi connectivity index (χ0) is 19.2. The van der Waals surface area contributed by atoms with Gasteiger partial charge in [0.15, 0.2) is 0 Å². The van der Waals surface area contributed by atoms with E-state index >= 15 is 0 Å². The van der Waals surface area contributed by atoms with Crippen molar-refractivity contribution in [3.8, 4) is 0 Å². The molecule has 0 aliphatic rings. The largest absolute Gasteiger partial charge is 0.378 e. The summed E-state index contributed by atoms with van der Waals surface area (Å²) in [6.45, 7) is 0. The van der Waals surface area contributed by atoms with Crippen molar-refractivity contribution in [2.24, 2.45) is 5.10 Å². The number of thioether (sulfide) groups is 1. The first-order chi connectivity index (χ1) is 13.0. The van der Waals surface area contributed by atoms with Crippen LogP contribution in [0.4, 0.5) is 16.0 Å². The predicted molar refractivity (Wildman–Crippen MR) is 108 cm³/mol. The Morgan fingerprint density at radius 3 is 2.52 bits per heavy atom. The molecule has 0 radical (unpaired) electrons. The Morgan fingerprint density at radius 2 is 1.85 bits per heavy atom. The van der Waals surface area contributed by atoms with Crippen molar-refractivity contribution in [3.63, 3.8) is 0 Å². The van der Waals surface area contributed by atoms with Gasteiger partial charge in [-0.1, -0.05) is 36.0 Å². The molecule has 1 heterocycles. The molecule has 27 heavy (non-hydrogen) atoms. The van der Waals surface area contributed by atoms with Gasteiger partial charge in [0.05, 0.1) is 6.21 Å². The maximum atomic E-state index is 12.9. The number of halogens is 1. The Hall–Kier alpha value is -3.07. The molecule has 140 valence electrons. The zero-order valence-corrected chi connectivity index (χ0v) is 15.8.